The van der Waals surface area contributed by atoms with Crippen molar-refractivity contribution in [3.05, 3.63) is 28.2 Å². The molecule has 3 rings (SSSR count). The normalized spacial score (nSPS) is 30.0. The smallest absolute Gasteiger partial charge is 0.127 e. The van der Waals surface area contributed by atoms with Gasteiger partial charge in [0.05, 0.1) is 6.10 Å². The molecule has 2 aliphatic heterocycles. The molecule has 2 heterocycles. The maximum absolute atomic E-state index is 10.5. The van der Waals surface area contributed by atoms with Gasteiger partial charge in [0.1, 0.15) is 11.4 Å². The molecule has 1 spiro atoms. The van der Waals surface area contributed by atoms with Crippen LogP contribution in [0.25, 0.3) is 0 Å². The first-order valence-corrected chi connectivity index (χ1v) is 8.69. The first-order valence-electron chi connectivity index (χ1n) is 7.90. The Morgan fingerprint density at radius 3 is 2.90 bits per heavy atom. The second-order valence-corrected chi connectivity index (χ2v) is 7.59. The average molecular weight is 354 g/mol. The second-order valence-electron chi connectivity index (χ2n) is 6.67. The van der Waals surface area contributed by atoms with Crippen LogP contribution in [0.15, 0.2) is 22.7 Å². The number of fused-ring (bicyclic) bond motifs is 1. The fourth-order valence-electron chi connectivity index (χ4n) is 3.62. The number of rotatable bonds is 1. The van der Waals surface area contributed by atoms with Crippen molar-refractivity contribution in [3.63, 3.8) is 0 Å². The molecule has 116 valence electrons. The van der Waals surface area contributed by atoms with E-state index < -0.39 is 6.10 Å². The molecule has 1 aromatic rings. The van der Waals surface area contributed by atoms with Gasteiger partial charge in [-0.25, -0.2) is 0 Å². The quantitative estimate of drug-likeness (QED) is 0.830. The van der Waals surface area contributed by atoms with Crippen molar-refractivity contribution in [2.75, 3.05) is 13.1 Å². The summed E-state index contributed by atoms with van der Waals surface area (Å²) in [5.41, 5.74) is 0.727. The van der Waals surface area contributed by atoms with Gasteiger partial charge in [0.2, 0.25) is 0 Å². The molecule has 2 atom stereocenters. The molecule has 1 N–H and O–H groups in total. The molecule has 0 bridgehead atoms. The zero-order chi connectivity index (χ0) is 15.0. The largest absolute Gasteiger partial charge is 0.487 e. The van der Waals surface area contributed by atoms with Crippen molar-refractivity contribution >= 4 is 15.9 Å². The predicted octanol–water partition coefficient (Wildman–Crippen LogP) is 3.90. The van der Waals surface area contributed by atoms with Crippen LogP contribution in [-0.4, -0.2) is 34.7 Å². The van der Waals surface area contributed by atoms with Gasteiger partial charge in [0.25, 0.3) is 0 Å². The molecule has 1 fully saturated rings. The summed E-state index contributed by atoms with van der Waals surface area (Å²) in [5, 5.41) is 10.5. The number of nitrogens with zero attached hydrogens (tertiary/aromatic N) is 1. The minimum absolute atomic E-state index is 0.198. The Labute approximate surface area is 135 Å². The van der Waals surface area contributed by atoms with Gasteiger partial charge in [-0.2, -0.15) is 0 Å². The number of hydrogen-bond acceptors (Lipinski definition) is 3. The van der Waals surface area contributed by atoms with E-state index in [1.54, 1.807) is 0 Å². The van der Waals surface area contributed by atoms with Crippen molar-refractivity contribution in [1.29, 1.82) is 0 Å². The van der Waals surface area contributed by atoms with Crippen molar-refractivity contribution in [3.8, 4) is 5.75 Å². The van der Waals surface area contributed by atoms with Crippen LogP contribution < -0.4 is 4.74 Å². The van der Waals surface area contributed by atoms with E-state index in [1.165, 1.54) is 0 Å². The summed E-state index contributed by atoms with van der Waals surface area (Å²) in [6.45, 7) is 6.68. The lowest BCUT2D eigenvalue weighted by molar-refractivity contribution is -0.0243. The van der Waals surface area contributed by atoms with E-state index in [4.69, 9.17) is 4.74 Å². The van der Waals surface area contributed by atoms with Gasteiger partial charge in [-0.1, -0.05) is 22.0 Å². The number of aliphatic hydroxyl groups excluding tert-OH is 1. The highest BCUT2D eigenvalue weighted by atomic mass is 79.9. The Kier molecular flexibility index (Phi) is 4.30. The van der Waals surface area contributed by atoms with Gasteiger partial charge in [-0.15, -0.1) is 0 Å². The van der Waals surface area contributed by atoms with Crippen molar-refractivity contribution < 1.29 is 9.84 Å². The van der Waals surface area contributed by atoms with Crippen LogP contribution >= 0.6 is 15.9 Å². The minimum atomic E-state index is -0.410. The highest BCUT2D eigenvalue weighted by Crippen LogP contribution is 2.45. The third kappa shape index (κ3) is 3.13. The van der Waals surface area contributed by atoms with Gasteiger partial charge in [-0.3, -0.25) is 0 Å². The average Bonchev–Trinajstić information content (AvgIpc) is 2.61. The second kappa shape index (κ2) is 5.90. The van der Waals surface area contributed by atoms with Gasteiger partial charge >= 0.3 is 0 Å². The molecule has 3 nitrogen and oxygen atoms in total. The first-order chi connectivity index (χ1) is 9.99. The first kappa shape index (κ1) is 15.3. The van der Waals surface area contributed by atoms with Crippen LogP contribution in [0.2, 0.25) is 0 Å². The summed E-state index contributed by atoms with van der Waals surface area (Å²) in [7, 11) is 0. The molecule has 0 aliphatic carbocycles. The summed E-state index contributed by atoms with van der Waals surface area (Å²) < 4.78 is 7.41. The van der Waals surface area contributed by atoms with Gasteiger partial charge in [0.15, 0.2) is 0 Å². The lowest BCUT2D eigenvalue weighted by atomic mass is 9.83. The fraction of sp³-hybridized carbons (Fsp3) is 0.647. The zero-order valence-electron chi connectivity index (χ0n) is 12.8. The van der Waals surface area contributed by atoms with E-state index in [0.717, 1.165) is 48.1 Å². The Bertz CT molecular complexity index is 520. The molecule has 4 heteroatoms. The summed E-state index contributed by atoms with van der Waals surface area (Å²) >= 11 is 3.50. The lowest BCUT2D eigenvalue weighted by Crippen LogP contribution is -2.42. The third-order valence-electron chi connectivity index (χ3n) is 4.89. The Hall–Kier alpha value is -0.580. The van der Waals surface area contributed by atoms with Crippen molar-refractivity contribution in [2.45, 2.75) is 57.3 Å². The number of hydrogen-bond donors (Lipinski definition) is 1. The molecule has 0 radical (unpaired) electrons. The topological polar surface area (TPSA) is 32.7 Å². The monoisotopic (exact) mass is 353 g/mol. The van der Waals surface area contributed by atoms with E-state index in [0.29, 0.717) is 12.5 Å². The van der Waals surface area contributed by atoms with E-state index >= 15 is 0 Å². The maximum Gasteiger partial charge on any atom is 0.127 e. The SMILES string of the molecule is CC(C)N1CCCC2(CC1)CC(O)c1ccc(Br)cc1O2. The molecule has 1 aromatic carbocycles. The van der Waals surface area contributed by atoms with Gasteiger partial charge in [-0.05, 0) is 51.8 Å². The Balaban J connectivity index is 1.83. The standard InChI is InChI=1S/C17H24BrNO2/c1-12(2)19-8-3-6-17(7-9-19)11-15(20)14-5-4-13(18)10-16(14)21-17/h4-5,10,12,15,20H,3,6-9,11H2,1-2H3. The van der Waals surface area contributed by atoms with Crippen LogP contribution in [-0.2, 0) is 0 Å². The van der Waals surface area contributed by atoms with Gasteiger partial charge in [0, 0.05) is 29.0 Å². The summed E-state index contributed by atoms with van der Waals surface area (Å²) in [6, 6.07) is 6.51. The summed E-state index contributed by atoms with van der Waals surface area (Å²) in [6.07, 6.45) is 3.46. The number of halogens is 1. The third-order valence-corrected chi connectivity index (χ3v) is 5.38. The Morgan fingerprint density at radius 2 is 2.14 bits per heavy atom. The highest BCUT2D eigenvalue weighted by Gasteiger charge is 2.41. The van der Waals surface area contributed by atoms with E-state index in [-0.39, 0.29) is 5.60 Å². The Morgan fingerprint density at radius 1 is 1.33 bits per heavy atom. The van der Waals surface area contributed by atoms with Crippen LogP contribution in [0.4, 0.5) is 0 Å². The van der Waals surface area contributed by atoms with E-state index in [2.05, 4.69) is 34.7 Å². The minimum Gasteiger partial charge on any atom is -0.487 e. The van der Waals surface area contributed by atoms with Crippen molar-refractivity contribution in [2.24, 2.45) is 0 Å². The van der Waals surface area contributed by atoms with E-state index in [1.807, 2.05) is 18.2 Å². The molecule has 0 saturated carbocycles. The number of ether oxygens (including phenoxy) is 1. The van der Waals surface area contributed by atoms with E-state index in [9.17, 15) is 5.11 Å². The summed E-state index contributed by atoms with van der Waals surface area (Å²) in [4.78, 5) is 2.51. The molecule has 1 saturated heterocycles. The van der Waals surface area contributed by atoms with Crippen molar-refractivity contribution in [1.82, 2.24) is 4.90 Å². The van der Waals surface area contributed by atoms with Crippen LogP contribution in [0, 0.1) is 0 Å². The van der Waals surface area contributed by atoms with Crippen LogP contribution in [0.5, 0.6) is 5.75 Å². The molecule has 0 amide bonds. The van der Waals surface area contributed by atoms with Gasteiger partial charge < -0.3 is 14.7 Å². The van der Waals surface area contributed by atoms with Crippen LogP contribution in [0.3, 0.4) is 0 Å². The summed E-state index contributed by atoms with van der Waals surface area (Å²) in [5.74, 6) is 0.848. The highest BCUT2D eigenvalue weighted by molar-refractivity contribution is 9.10. The molecular weight excluding hydrogens is 330 g/mol. The molecule has 21 heavy (non-hydrogen) atoms. The maximum atomic E-state index is 10.5. The zero-order valence-corrected chi connectivity index (χ0v) is 14.4. The molecular formula is C17H24BrNO2. The predicted molar refractivity (Wildman–Crippen MR) is 87.6 cm³/mol. The molecule has 2 unspecified atom stereocenters. The van der Waals surface area contributed by atoms with Crippen LogP contribution in [0.1, 0.15) is 51.2 Å². The number of aliphatic hydroxyl groups is 1. The number of benzene rings is 1. The molecule has 0 aromatic heterocycles. The lowest BCUT2D eigenvalue weighted by Gasteiger charge is -2.40. The number of likely N-dealkylation sites (tertiary alicyclic amines) is 1. The molecule has 2 aliphatic rings. The fourth-order valence-corrected chi connectivity index (χ4v) is 3.96.